The molecule has 0 radical (unpaired) electrons. The summed E-state index contributed by atoms with van der Waals surface area (Å²) in [6, 6.07) is 11.8. The molecule has 156 valence electrons. The molecule has 2 aromatic carbocycles. The van der Waals surface area contributed by atoms with E-state index < -0.39 is 0 Å². The van der Waals surface area contributed by atoms with E-state index in [0.29, 0.717) is 14.9 Å². The number of aromatic hydroxyl groups is 1. The predicted molar refractivity (Wildman–Crippen MR) is 131 cm³/mol. The minimum atomic E-state index is -0.0340. The average molecular weight is 550 g/mol. The Hall–Kier alpha value is -1.57. The van der Waals surface area contributed by atoms with Gasteiger partial charge in [0.1, 0.15) is 5.75 Å². The van der Waals surface area contributed by atoms with Gasteiger partial charge in [-0.15, -0.1) is 0 Å². The van der Waals surface area contributed by atoms with Gasteiger partial charge in [-0.25, -0.2) is 4.99 Å². The molecule has 2 aliphatic rings. The van der Waals surface area contributed by atoms with Crippen molar-refractivity contribution in [1.29, 1.82) is 0 Å². The molecule has 1 amide bonds. The highest BCUT2D eigenvalue weighted by molar-refractivity contribution is 9.11. The Bertz CT molecular complexity index is 1030. The smallest absolute Gasteiger partial charge is 0.267 e. The first kappa shape index (κ1) is 21.7. The van der Waals surface area contributed by atoms with Crippen molar-refractivity contribution in [2.75, 3.05) is 0 Å². The minimum Gasteiger partial charge on any atom is -0.506 e. The Morgan fingerprint density at radius 3 is 2.53 bits per heavy atom. The lowest BCUT2D eigenvalue weighted by atomic mass is 9.94. The number of thioether (sulfide) groups is 1. The fraction of sp³-hybridized carbons (Fsp3) is 0.304. The van der Waals surface area contributed by atoms with Gasteiger partial charge < -0.3 is 5.11 Å². The van der Waals surface area contributed by atoms with Gasteiger partial charge in [0.25, 0.3) is 5.91 Å². The fourth-order valence-corrected chi connectivity index (χ4v) is 6.10. The van der Waals surface area contributed by atoms with Crippen LogP contribution in [0.4, 0.5) is 5.69 Å². The molecule has 0 bridgehead atoms. The third-order valence-electron chi connectivity index (χ3n) is 5.38. The molecule has 0 spiro atoms. The van der Waals surface area contributed by atoms with Crippen LogP contribution in [0.15, 0.2) is 55.2 Å². The fourth-order valence-electron chi connectivity index (χ4n) is 3.79. The first-order valence-corrected chi connectivity index (χ1v) is 12.4. The van der Waals surface area contributed by atoms with Crippen molar-refractivity contribution in [1.82, 2.24) is 4.90 Å². The van der Waals surface area contributed by atoms with Crippen molar-refractivity contribution < 1.29 is 9.90 Å². The Balaban J connectivity index is 1.73. The van der Waals surface area contributed by atoms with Crippen molar-refractivity contribution in [2.45, 2.75) is 45.1 Å². The van der Waals surface area contributed by atoms with Gasteiger partial charge in [-0.2, -0.15) is 0 Å². The van der Waals surface area contributed by atoms with E-state index in [-0.39, 0.29) is 17.7 Å². The molecule has 4 rings (SSSR count). The molecule has 1 N–H and O–H groups in total. The molecule has 2 aromatic rings. The zero-order valence-corrected chi connectivity index (χ0v) is 20.6. The summed E-state index contributed by atoms with van der Waals surface area (Å²) in [7, 11) is 0. The number of carbonyl (C=O) groups is 1. The standard InChI is InChI=1S/C23H22Br2N2O2S/c1-14-7-9-17(10-8-14)26-23-27(18-5-3-2-4-6-18)22(29)20(30-23)12-15-11-16(24)13-19(25)21(15)28/h7-13,18,28H,2-6H2,1H3/b20-12+,26-23?. The van der Waals surface area contributed by atoms with Crippen molar-refractivity contribution >= 4 is 66.5 Å². The summed E-state index contributed by atoms with van der Waals surface area (Å²) >= 11 is 8.19. The third kappa shape index (κ3) is 4.68. The maximum Gasteiger partial charge on any atom is 0.267 e. The normalized spacial score (nSPS) is 20.5. The summed E-state index contributed by atoms with van der Waals surface area (Å²) in [5, 5.41) is 11.2. The first-order valence-electron chi connectivity index (χ1n) is 9.99. The molecule has 0 unspecified atom stereocenters. The number of aryl methyl sites for hydroxylation is 1. The number of hydrogen-bond donors (Lipinski definition) is 1. The van der Waals surface area contributed by atoms with Crippen LogP contribution in [-0.2, 0) is 4.79 Å². The summed E-state index contributed by atoms with van der Waals surface area (Å²) in [6.45, 7) is 2.04. The monoisotopic (exact) mass is 548 g/mol. The van der Waals surface area contributed by atoms with Crippen LogP contribution in [0, 0.1) is 6.92 Å². The van der Waals surface area contributed by atoms with Gasteiger partial charge in [0, 0.05) is 16.1 Å². The van der Waals surface area contributed by atoms with Crippen molar-refractivity contribution in [3.8, 4) is 5.75 Å². The number of amidine groups is 1. The number of phenolic OH excluding ortho intramolecular Hbond substituents is 1. The minimum absolute atomic E-state index is 0.0340. The Kier molecular flexibility index (Phi) is 6.70. The largest absolute Gasteiger partial charge is 0.506 e. The maximum absolute atomic E-state index is 13.4. The lowest BCUT2D eigenvalue weighted by molar-refractivity contribution is -0.124. The number of phenols is 1. The topological polar surface area (TPSA) is 52.9 Å². The van der Waals surface area contributed by atoms with Gasteiger partial charge in [-0.1, -0.05) is 52.9 Å². The van der Waals surface area contributed by atoms with Gasteiger partial charge in [-0.05, 0) is 77.8 Å². The van der Waals surface area contributed by atoms with E-state index in [4.69, 9.17) is 4.99 Å². The number of amides is 1. The summed E-state index contributed by atoms with van der Waals surface area (Å²) in [5.74, 6) is 0.0838. The molecule has 2 fully saturated rings. The van der Waals surface area contributed by atoms with Crippen LogP contribution in [0.2, 0.25) is 0 Å². The second-order valence-corrected chi connectivity index (χ2v) is 10.4. The first-order chi connectivity index (χ1) is 14.4. The number of benzene rings is 2. The van der Waals surface area contributed by atoms with Crippen LogP contribution in [0.5, 0.6) is 5.75 Å². The van der Waals surface area contributed by atoms with Gasteiger partial charge in [0.05, 0.1) is 15.1 Å². The van der Waals surface area contributed by atoms with E-state index >= 15 is 0 Å². The van der Waals surface area contributed by atoms with Gasteiger partial charge >= 0.3 is 0 Å². The summed E-state index contributed by atoms with van der Waals surface area (Å²) in [5.41, 5.74) is 2.60. The van der Waals surface area contributed by atoms with Gasteiger partial charge in [0.2, 0.25) is 0 Å². The molecule has 1 saturated carbocycles. The van der Waals surface area contributed by atoms with Crippen molar-refractivity contribution in [3.05, 3.63) is 61.4 Å². The predicted octanol–water partition coefficient (Wildman–Crippen LogP) is 7.16. The van der Waals surface area contributed by atoms with Crippen LogP contribution in [-0.4, -0.2) is 27.1 Å². The zero-order valence-electron chi connectivity index (χ0n) is 16.6. The van der Waals surface area contributed by atoms with Crippen LogP contribution in [0.1, 0.15) is 43.2 Å². The lowest BCUT2D eigenvalue weighted by Crippen LogP contribution is -2.40. The summed E-state index contributed by atoms with van der Waals surface area (Å²) in [6.07, 6.45) is 7.25. The van der Waals surface area contributed by atoms with Gasteiger partial charge in [0.15, 0.2) is 5.17 Å². The highest BCUT2D eigenvalue weighted by Gasteiger charge is 2.38. The van der Waals surface area contributed by atoms with E-state index in [2.05, 4.69) is 31.9 Å². The van der Waals surface area contributed by atoms with E-state index in [1.54, 1.807) is 18.2 Å². The second kappa shape index (κ2) is 9.28. The number of carbonyl (C=O) groups excluding carboxylic acids is 1. The van der Waals surface area contributed by atoms with E-state index in [1.807, 2.05) is 36.1 Å². The quantitative estimate of drug-likeness (QED) is 0.413. The highest BCUT2D eigenvalue weighted by atomic mass is 79.9. The average Bonchev–Trinajstić information content (AvgIpc) is 3.03. The molecule has 0 aromatic heterocycles. The van der Waals surface area contributed by atoms with Crippen LogP contribution < -0.4 is 0 Å². The molecule has 1 aliphatic heterocycles. The molecular formula is C23H22Br2N2O2S. The molecule has 7 heteroatoms. The van der Waals surface area contributed by atoms with Crippen LogP contribution in [0.25, 0.3) is 6.08 Å². The van der Waals surface area contributed by atoms with Crippen LogP contribution in [0.3, 0.4) is 0 Å². The number of nitrogens with zero attached hydrogens (tertiary/aromatic N) is 2. The number of halogens is 2. The van der Waals surface area contributed by atoms with Crippen molar-refractivity contribution in [3.63, 3.8) is 0 Å². The molecule has 0 atom stereocenters. The molecule has 30 heavy (non-hydrogen) atoms. The van der Waals surface area contributed by atoms with Crippen molar-refractivity contribution in [2.24, 2.45) is 4.99 Å². The molecule has 1 aliphatic carbocycles. The Morgan fingerprint density at radius 1 is 1.13 bits per heavy atom. The van der Waals surface area contributed by atoms with Gasteiger partial charge in [-0.3, -0.25) is 9.69 Å². The number of hydrogen-bond acceptors (Lipinski definition) is 4. The highest BCUT2D eigenvalue weighted by Crippen LogP contribution is 2.40. The Morgan fingerprint density at radius 2 is 1.83 bits per heavy atom. The van der Waals surface area contributed by atoms with E-state index in [0.717, 1.165) is 41.0 Å². The molecule has 1 heterocycles. The Labute approximate surface area is 197 Å². The SMILES string of the molecule is Cc1ccc(N=C2S/C(=C/c3cc(Br)cc(Br)c3O)C(=O)N2C2CCCCC2)cc1. The summed E-state index contributed by atoms with van der Waals surface area (Å²) in [4.78, 5) is 20.7. The zero-order chi connectivity index (χ0) is 21.3. The third-order valence-corrected chi connectivity index (χ3v) is 7.42. The summed E-state index contributed by atoms with van der Waals surface area (Å²) < 4.78 is 1.41. The molecule has 4 nitrogen and oxygen atoms in total. The number of aliphatic imine (C=N–C) groups is 1. The maximum atomic E-state index is 13.4. The van der Waals surface area contributed by atoms with Crippen LogP contribution >= 0.6 is 43.6 Å². The molecule has 1 saturated heterocycles. The second-order valence-electron chi connectivity index (χ2n) is 7.63. The number of rotatable bonds is 3. The van der Waals surface area contributed by atoms with E-state index in [1.165, 1.54) is 23.7 Å². The lowest BCUT2D eigenvalue weighted by Gasteiger charge is -2.30. The van der Waals surface area contributed by atoms with E-state index in [9.17, 15) is 9.90 Å². The molecular weight excluding hydrogens is 528 g/mol.